The van der Waals surface area contributed by atoms with Gasteiger partial charge in [0.1, 0.15) is 5.82 Å². The van der Waals surface area contributed by atoms with Crippen molar-refractivity contribution in [3.05, 3.63) is 53.7 Å². The minimum atomic E-state index is -0.308. The summed E-state index contributed by atoms with van der Waals surface area (Å²) in [6, 6.07) is 9.47. The van der Waals surface area contributed by atoms with Crippen LogP contribution in [0.2, 0.25) is 0 Å². The number of hydrogen-bond acceptors (Lipinski definition) is 7. The maximum Gasteiger partial charge on any atom is 0.254 e. The summed E-state index contributed by atoms with van der Waals surface area (Å²) in [6.45, 7) is 8.30. The van der Waals surface area contributed by atoms with Gasteiger partial charge in [0.15, 0.2) is 11.5 Å². The summed E-state index contributed by atoms with van der Waals surface area (Å²) in [6.07, 6.45) is 2.30. The largest absolute Gasteiger partial charge is 0.490 e. The van der Waals surface area contributed by atoms with E-state index in [1.165, 1.54) is 12.1 Å². The first-order chi connectivity index (χ1) is 17.5. The van der Waals surface area contributed by atoms with Crippen molar-refractivity contribution < 1.29 is 27.9 Å². The van der Waals surface area contributed by atoms with Crippen molar-refractivity contribution in [2.45, 2.75) is 40.0 Å². The lowest BCUT2D eigenvalue weighted by molar-refractivity contribution is 0.0686. The molecule has 0 spiro atoms. The van der Waals surface area contributed by atoms with Gasteiger partial charge in [0.25, 0.3) is 5.91 Å². The third-order valence-electron chi connectivity index (χ3n) is 6.09. The van der Waals surface area contributed by atoms with Gasteiger partial charge >= 0.3 is 0 Å². The predicted molar refractivity (Wildman–Crippen MR) is 132 cm³/mol. The molecule has 0 unspecified atom stereocenters. The van der Waals surface area contributed by atoms with Crippen LogP contribution in [0.25, 0.3) is 11.4 Å². The van der Waals surface area contributed by atoms with Gasteiger partial charge in [0, 0.05) is 30.6 Å². The van der Waals surface area contributed by atoms with Crippen LogP contribution < -0.4 is 14.2 Å². The summed E-state index contributed by atoms with van der Waals surface area (Å²) in [4.78, 5) is 19.7. The zero-order valence-electron chi connectivity index (χ0n) is 21.0. The van der Waals surface area contributed by atoms with E-state index in [-0.39, 0.29) is 11.7 Å². The Morgan fingerprint density at radius 1 is 1.00 bits per heavy atom. The number of hydrogen-bond donors (Lipinski definition) is 0. The van der Waals surface area contributed by atoms with Crippen LogP contribution >= 0.6 is 0 Å². The monoisotopic (exact) mass is 497 g/mol. The van der Waals surface area contributed by atoms with E-state index in [1.807, 2.05) is 25.7 Å². The van der Waals surface area contributed by atoms with E-state index in [2.05, 4.69) is 10.1 Å². The normalized spacial score (nSPS) is 14.1. The Morgan fingerprint density at radius 2 is 1.61 bits per heavy atom. The van der Waals surface area contributed by atoms with Crippen molar-refractivity contribution in [3.8, 4) is 28.6 Å². The van der Waals surface area contributed by atoms with Crippen molar-refractivity contribution in [1.82, 2.24) is 15.0 Å². The highest BCUT2D eigenvalue weighted by Crippen LogP contribution is 2.39. The first-order valence-electron chi connectivity index (χ1n) is 12.5. The van der Waals surface area contributed by atoms with E-state index >= 15 is 0 Å². The lowest BCUT2D eigenvalue weighted by atomic mass is 9.93. The summed E-state index contributed by atoms with van der Waals surface area (Å²) >= 11 is 0. The number of benzene rings is 2. The molecule has 0 radical (unpaired) electrons. The number of aromatic nitrogens is 2. The summed E-state index contributed by atoms with van der Waals surface area (Å²) in [5.74, 6) is 2.50. The molecule has 1 amide bonds. The molecule has 1 aliphatic heterocycles. The maximum atomic E-state index is 13.3. The molecule has 0 saturated carbocycles. The second-order valence-electron chi connectivity index (χ2n) is 8.56. The molecule has 1 saturated heterocycles. The lowest BCUT2D eigenvalue weighted by Crippen LogP contribution is -2.39. The summed E-state index contributed by atoms with van der Waals surface area (Å²) < 4.78 is 35.9. The first-order valence-corrected chi connectivity index (χ1v) is 12.5. The zero-order valence-corrected chi connectivity index (χ0v) is 21.0. The van der Waals surface area contributed by atoms with Crippen molar-refractivity contribution in [2.24, 2.45) is 5.92 Å². The molecule has 8 nitrogen and oxygen atoms in total. The molecule has 0 atom stereocenters. The number of piperidine rings is 1. The van der Waals surface area contributed by atoms with Gasteiger partial charge in [-0.05, 0) is 75.9 Å². The van der Waals surface area contributed by atoms with Gasteiger partial charge in [-0.3, -0.25) is 4.79 Å². The van der Waals surface area contributed by atoms with Crippen LogP contribution in [0.5, 0.6) is 17.2 Å². The number of carbonyl (C=O) groups excluding carboxylic acids is 1. The van der Waals surface area contributed by atoms with E-state index in [4.69, 9.17) is 18.7 Å². The molecular weight excluding hydrogens is 465 g/mol. The zero-order chi connectivity index (χ0) is 25.5. The van der Waals surface area contributed by atoms with Crippen molar-refractivity contribution in [2.75, 3.05) is 32.9 Å². The number of ether oxygens (including phenoxy) is 3. The first kappa shape index (κ1) is 25.5. The second kappa shape index (κ2) is 11.9. The fourth-order valence-corrected chi connectivity index (χ4v) is 4.34. The van der Waals surface area contributed by atoms with E-state index in [0.29, 0.717) is 85.3 Å². The molecule has 36 heavy (non-hydrogen) atoms. The average molecular weight is 498 g/mol. The van der Waals surface area contributed by atoms with Gasteiger partial charge in [-0.25, -0.2) is 4.39 Å². The average Bonchev–Trinajstić information content (AvgIpc) is 3.35. The molecule has 9 heteroatoms. The highest BCUT2D eigenvalue weighted by molar-refractivity contribution is 5.95. The summed E-state index contributed by atoms with van der Waals surface area (Å²) in [7, 11) is 0. The minimum absolute atomic E-state index is 0.0604. The van der Waals surface area contributed by atoms with Crippen LogP contribution in [0.3, 0.4) is 0 Å². The molecule has 1 fully saturated rings. The van der Waals surface area contributed by atoms with E-state index in [0.717, 1.165) is 12.8 Å². The van der Waals surface area contributed by atoms with Crippen molar-refractivity contribution in [3.63, 3.8) is 0 Å². The smallest absolute Gasteiger partial charge is 0.254 e. The molecule has 1 aliphatic rings. The number of rotatable bonds is 10. The molecule has 3 aromatic rings. The molecule has 4 rings (SSSR count). The van der Waals surface area contributed by atoms with E-state index in [9.17, 15) is 9.18 Å². The Kier molecular flexibility index (Phi) is 8.40. The van der Waals surface area contributed by atoms with Gasteiger partial charge in [0.2, 0.25) is 17.5 Å². The van der Waals surface area contributed by atoms with Gasteiger partial charge in [-0.15, -0.1) is 0 Å². The molecule has 0 bridgehead atoms. The fraction of sp³-hybridized carbons (Fsp3) is 0.444. The highest BCUT2D eigenvalue weighted by Gasteiger charge is 2.27. The number of likely N-dealkylation sites (tertiary alicyclic amines) is 1. The van der Waals surface area contributed by atoms with E-state index < -0.39 is 0 Å². The van der Waals surface area contributed by atoms with Crippen LogP contribution in [0.1, 0.15) is 49.9 Å². The minimum Gasteiger partial charge on any atom is -0.490 e. The SMILES string of the molecule is CCOc1cc(C(=O)N2CCC(Cc3nc(-c4ccc(F)cc4)no3)CC2)cc(OCC)c1OCC. The van der Waals surface area contributed by atoms with Gasteiger partial charge in [-0.1, -0.05) is 5.16 Å². The Bertz CT molecular complexity index is 1130. The second-order valence-corrected chi connectivity index (χ2v) is 8.56. The number of carbonyl (C=O) groups is 1. The third-order valence-corrected chi connectivity index (χ3v) is 6.09. The summed E-state index contributed by atoms with van der Waals surface area (Å²) in [5.41, 5.74) is 1.23. The van der Waals surface area contributed by atoms with Crippen molar-refractivity contribution in [1.29, 1.82) is 0 Å². The Labute approximate surface area is 210 Å². The quantitative estimate of drug-likeness (QED) is 0.382. The maximum absolute atomic E-state index is 13.3. The van der Waals surface area contributed by atoms with Crippen LogP contribution in [-0.2, 0) is 6.42 Å². The van der Waals surface area contributed by atoms with Crippen LogP contribution in [0.15, 0.2) is 40.9 Å². The third kappa shape index (κ3) is 5.95. The summed E-state index contributed by atoms with van der Waals surface area (Å²) in [5, 5.41) is 4.02. The topological polar surface area (TPSA) is 86.9 Å². The molecule has 1 aromatic heterocycles. The molecule has 2 heterocycles. The van der Waals surface area contributed by atoms with E-state index in [1.54, 1.807) is 24.3 Å². The van der Waals surface area contributed by atoms with Gasteiger partial charge in [-0.2, -0.15) is 4.98 Å². The van der Waals surface area contributed by atoms with Gasteiger partial charge in [0.05, 0.1) is 19.8 Å². The number of halogens is 1. The Hall–Kier alpha value is -3.62. The molecule has 2 aromatic carbocycles. The lowest BCUT2D eigenvalue weighted by Gasteiger charge is -2.31. The van der Waals surface area contributed by atoms with Crippen LogP contribution in [0, 0.1) is 11.7 Å². The van der Waals surface area contributed by atoms with Crippen molar-refractivity contribution >= 4 is 5.91 Å². The molecular formula is C27H32FN3O5. The molecule has 0 aliphatic carbocycles. The van der Waals surface area contributed by atoms with Crippen LogP contribution in [-0.4, -0.2) is 53.9 Å². The molecule has 0 N–H and O–H groups in total. The van der Waals surface area contributed by atoms with Gasteiger partial charge < -0.3 is 23.6 Å². The van der Waals surface area contributed by atoms with Crippen LogP contribution in [0.4, 0.5) is 4.39 Å². The number of amides is 1. The standard InChI is InChI=1S/C27H32FN3O5/c1-4-33-22-16-20(17-23(34-5-2)25(22)35-6-3)27(32)31-13-11-18(12-14-31)15-24-29-26(30-36-24)19-7-9-21(28)10-8-19/h7-10,16-18H,4-6,11-15H2,1-3H3. The predicted octanol–water partition coefficient (Wildman–Crippen LogP) is 5.17. The fourth-order valence-electron chi connectivity index (χ4n) is 4.34. The Balaban J connectivity index is 1.39. The molecule has 192 valence electrons. The number of nitrogens with zero attached hydrogens (tertiary/aromatic N) is 3. The highest BCUT2D eigenvalue weighted by atomic mass is 19.1. The Morgan fingerprint density at radius 3 is 2.19 bits per heavy atom.